The Balaban J connectivity index is 1.51. The molecule has 0 bridgehead atoms. The second-order valence-corrected chi connectivity index (χ2v) is 9.05. The minimum absolute atomic E-state index is 0.281. The van der Waals surface area contributed by atoms with E-state index in [-0.39, 0.29) is 4.90 Å². The van der Waals surface area contributed by atoms with E-state index < -0.39 is 10.0 Å². The van der Waals surface area contributed by atoms with E-state index in [0.29, 0.717) is 29.3 Å². The van der Waals surface area contributed by atoms with Crippen LogP contribution in [-0.4, -0.2) is 33.2 Å². The predicted octanol–water partition coefficient (Wildman–Crippen LogP) is 4.22. The van der Waals surface area contributed by atoms with Crippen LogP contribution in [0.4, 0.5) is 5.69 Å². The van der Waals surface area contributed by atoms with Crippen molar-refractivity contribution in [3.05, 3.63) is 90.8 Å². The van der Waals surface area contributed by atoms with Gasteiger partial charge in [0, 0.05) is 29.2 Å². The first-order valence-electron chi connectivity index (χ1n) is 10.4. The first-order chi connectivity index (χ1) is 16.0. The molecule has 8 nitrogen and oxygen atoms in total. The van der Waals surface area contributed by atoms with Gasteiger partial charge in [0.25, 0.3) is 10.0 Å². The number of rotatable bonds is 6. The lowest BCUT2D eigenvalue weighted by molar-refractivity contribution is 0.600. The second kappa shape index (κ2) is 8.44. The van der Waals surface area contributed by atoms with Gasteiger partial charge in [0.15, 0.2) is 11.5 Å². The lowest BCUT2D eigenvalue weighted by Crippen LogP contribution is -2.14. The van der Waals surface area contributed by atoms with Crippen LogP contribution in [-0.2, 0) is 16.4 Å². The van der Waals surface area contributed by atoms with Crippen molar-refractivity contribution in [2.45, 2.75) is 18.2 Å². The summed E-state index contributed by atoms with van der Waals surface area (Å²) in [6.07, 6.45) is 4.00. The zero-order chi connectivity index (χ0) is 22.8. The van der Waals surface area contributed by atoms with Crippen LogP contribution in [0.2, 0.25) is 0 Å². The first-order valence-corrected chi connectivity index (χ1v) is 11.9. The average Bonchev–Trinajstić information content (AvgIpc) is 3.28. The Morgan fingerprint density at radius 3 is 2.52 bits per heavy atom. The fourth-order valence-corrected chi connectivity index (χ4v) is 5.00. The fourth-order valence-electron chi connectivity index (χ4n) is 3.63. The molecule has 0 unspecified atom stereocenters. The second-order valence-electron chi connectivity index (χ2n) is 7.40. The molecule has 0 aliphatic carbocycles. The molecule has 0 radical (unpaired) electrons. The number of hydrogen-bond acceptors (Lipinski definition) is 6. The number of nitrogens with one attached hydrogen (secondary N) is 1. The summed E-state index contributed by atoms with van der Waals surface area (Å²) in [7, 11) is -3.73. The third-order valence-corrected chi connectivity index (χ3v) is 6.74. The Kier molecular flexibility index (Phi) is 5.31. The van der Waals surface area contributed by atoms with Crippen LogP contribution >= 0.6 is 0 Å². The van der Waals surface area contributed by atoms with E-state index in [4.69, 9.17) is 5.10 Å². The molecule has 5 aromatic rings. The first kappa shape index (κ1) is 20.8. The Morgan fingerprint density at radius 2 is 1.70 bits per heavy atom. The summed E-state index contributed by atoms with van der Waals surface area (Å²) in [6, 6.07) is 21.5. The topological polar surface area (TPSA) is 102 Å². The highest BCUT2D eigenvalue weighted by atomic mass is 32.2. The summed E-state index contributed by atoms with van der Waals surface area (Å²) in [5.74, 6) is 0.599. The number of nitrogens with zero attached hydrogens (tertiary/aromatic N) is 5. The van der Waals surface area contributed by atoms with Gasteiger partial charge in [-0.25, -0.2) is 8.42 Å². The molecule has 0 spiro atoms. The highest BCUT2D eigenvalue weighted by Gasteiger charge is 2.18. The SMILES string of the molecule is CCc1ccccc1S(=O)(=O)Nc1cccc(-c2ccc3nnc(-c4ccncc4)n3n2)c1. The van der Waals surface area contributed by atoms with E-state index in [2.05, 4.69) is 19.9 Å². The third kappa shape index (κ3) is 4.06. The van der Waals surface area contributed by atoms with Crippen LogP contribution in [0.1, 0.15) is 12.5 Å². The molecule has 1 N–H and O–H groups in total. The molecule has 164 valence electrons. The standard InChI is InChI=1S/C24H20N6O2S/c1-2-17-6-3-4-9-22(17)33(31,32)29-20-8-5-7-19(16-20)21-10-11-23-26-27-24(30(23)28-21)18-12-14-25-15-13-18/h3-16,29H,2H2,1H3. The molecule has 3 heterocycles. The summed E-state index contributed by atoms with van der Waals surface area (Å²) in [6.45, 7) is 1.93. The van der Waals surface area contributed by atoms with E-state index in [0.717, 1.165) is 16.7 Å². The fraction of sp³-hybridized carbons (Fsp3) is 0.0833. The molecule has 0 saturated carbocycles. The van der Waals surface area contributed by atoms with Gasteiger partial charge in [0.2, 0.25) is 0 Å². The number of aryl methyl sites for hydroxylation is 1. The minimum atomic E-state index is -3.73. The molecule has 0 saturated heterocycles. The van der Waals surface area contributed by atoms with Crippen LogP contribution in [0, 0.1) is 0 Å². The van der Waals surface area contributed by atoms with Crippen molar-refractivity contribution in [1.29, 1.82) is 0 Å². The van der Waals surface area contributed by atoms with E-state index >= 15 is 0 Å². The van der Waals surface area contributed by atoms with Crippen molar-refractivity contribution in [2.75, 3.05) is 4.72 Å². The highest BCUT2D eigenvalue weighted by molar-refractivity contribution is 7.92. The zero-order valence-electron chi connectivity index (χ0n) is 17.8. The van der Waals surface area contributed by atoms with Crippen molar-refractivity contribution >= 4 is 21.4 Å². The van der Waals surface area contributed by atoms with Gasteiger partial charge in [-0.2, -0.15) is 9.61 Å². The Morgan fingerprint density at radius 1 is 0.879 bits per heavy atom. The van der Waals surface area contributed by atoms with Crippen molar-refractivity contribution in [3.8, 4) is 22.6 Å². The van der Waals surface area contributed by atoms with Crippen LogP contribution in [0.5, 0.6) is 0 Å². The quantitative estimate of drug-likeness (QED) is 0.411. The Hall–Kier alpha value is -4.11. The molecule has 0 aliphatic rings. The maximum atomic E-state index is 13.0. The largest absolute Gasteiger partial charge is 0.280 e. The minimum Gasteiger partial charge on any atom is -0.280 e. The number of aromatic nitrogens is 5. The monoisotopic (exact) mass is 456 g/mol. The molecular weight excluding hydrogens is 436 g/mol. The maximum absolute atomic E-state index is 13.0. The van der Waals surface area contributed by atoms with Gasteiger partial charge in [-0.05, 0) is 54.4 Å². The summed E-state index contributed by atoms with van der Waals surface area (Å²) in [5, 5.41) is 13.1. The number of anilines is 1. The van der Waals surface area contributed by atoms with Gasteiger partial charge in [-0.1, -0.05) is 37.3 Å². The normalized spacial score (nSPS) is 11.5. The molecular formula is C24H20N6O2S. The van der Waals surface area contributed by atoms with Gasteiger partial charge in [0.1, 0.15) is 0 Å². The lowest BCUT2D eigenvalue weighted by Gasteiger charge is -2.12. The molecule has 0 aliphatic heterocycles. The summed E-state index contributed by atoms with van der Waals surface area (Å²) in [5.41, 5.74) is 4.10. The summed E-state index contributed by atoms with van der Waals surface area (Å²) >= 11 is 0. The molecule has 0 atom stereocenters. The smallest absolute Gasteiger partial charge is 0.262 e. The van der Waals surface area contributed by atoms with Crippen molar-refractivity contribution in [3.63, 3.8) is 0 Å². The van der Waals surface area contributed by atoms with Crippen molar-refractivity contribution < 1.29 is 8.42 Å². The average molecular weight is 457 g/mol. The van der Waals surface area contributed by atoms with Crippen LogP contribution in [0.15, 0.2) is 90.1 Å². The molecule has 0 fully saturated rings. The molecule has 9 heteroatoms. The maximum Gasteiger partial charge on any atom is 0.262 e. The summed E-state index contributed by atoms with van der Waals surface area (Å²) in [4.78, 5) is 4.32. The number of benzene rings is 2. The summed E-state index contributed by atoms with van der Waals surface area (Å²) < 4.78 is 30.4. The van der Waals surface area contributed by atoms with Crippen LogP contribution < -0.4 is 4.72 Å². The third-order valence-electron chi connectivity index (χ3n) is 5.25. The van der Waals surface area contributed by atoms with E-state index in [1.165, 1.54) is 0 Å². The van der Waals surface area contributed by atoms with Gasteiger partial charge in [-0.3, -0.25) is 9.71 Å². The number of sulfonamides is 1. The van der Waals surface area contributed by atoms with Crippen LogP contribution in [0.25, 0.3) is 28.3 Å². The zero-order valence-corrected chi connectivity index (χ0v) is 18.6. The Labute approximate surface area is 191 Å². The van der Waals surface area contributed by atoms with Gasteiger partial charge >= 0.3 is 0 Å². The predicted molar refractivity (Wildman–Crippen MR) is 126 cm³/mol. The van der Waals surface area contributed by atoms with Crippen LogP contribution in [0.3, 0.4) is 0 Å². The van der Waals surface area contributed by atoms with E-state index in [1.807, 2.05) is 49.4 Å². The van der Waals surface area contributed by atoms with E-state index in [1.54, 1.807) is 47.2 Å². The molecule has 0 amide bonds. The van der Waals surface area contributed by atoms with Crippen molar-refractivity contribution in [2.24, 2.45) is 0 Å². The molecule has 5 rings (SSSR count). The number of pyridine rings is 1. The van der Waals surface area contributed by atoms with Gasteiger partial charge in [-0.15, -0.1) is 10.2 Å². The van der Waals surface area contributed by atoms with Gasteiger partial charge < -0.3 is 0 Å². The lowest BCUT2D eigenvalue weighted by atomic mass is 10.1. The molecule has 2 aromatic carbocycles. The number of fused-ring (bicyclic) bond motifs is 1. The Bertz CT molecular complexity index is 1550. The van der Waals surface area contributed by atoms with Crippen molar-refractivity contribution in [1.82, 2.24) is 24.8 Å². The highest BCUT2D eigenvalue weighted by Crippen LogP contribution is 2.25. The van der Waals surface area contributed by atoms with E-state index in [9.17, 15) is 8.42 Å². The number of hydrogen-bond donors (Lipinski definition) is 1. The van der Waals surface area contributed by atoms with Gasteiger partial charge in [0.05, 0.1) is 10.6 Å². The molecule has 33 heavy (non-hydrogen) atoms. The molecule has 3 aromatic heterocycles.